The van der Waals surface area contributed by atoms with Crippen LogP contribution in [0, 0.1) is 17.2 Å². The van der Waals surface area contributed by atoms with Gasteiger partial charge < -0.3 is 16.0 Å². The predicted molar refractivity (Wildman–Crippen MR) is 85.1 cm³/mol. The summed E-state index contributed by atoms with van der Waals surface area (Å²) in [5, 5.41) is 12.0. The van der Waals surface area contributed by atoms with E-state index >= 15 is 0 Å². The van der Waals surface area contributed by atoms with Crippen molar-refractivity contribution in [1.82, 2.24) is 10.2 Å². The fraction of sp³-hybridized carbons (Fsp3) is 0.412. The molecule has 3 N–H and O–H groups in total. The van der Waals surface area contributed by atoms with Gasteiger partial charge in [0, 0.05) is 19.6 Å². The Morgan fingerprint density at radius 3 is 2.59 bits per heavy atom. The Bertz CT molecular complexity index is 580. The van der Waals surface area contributed by atoms with Gasteiger partial charge in [-0.1, -0.05) is 37.3 Å². The molecule has 0 spiro atoms. The lowest BCUT2D eigenvalue weighted by Crippen LogP contribution is -2.38. The van der Waals surface area contributed by atoms with Gasteiger partial charge in [0.1, 0.15) is 11.9 Å². The quantitative estimate of drug-likeness (QED) is 0.655. The van der Waals surface area contributed by atoms with Crippen LogP contribution in [0.5, 0.6) is 0 Å². The van der Waals surface area contributed by atoms with Crippen LogP contribution in [0.4, 0.5) is 0 Å². The van der Waals surface area contributed by atoms with Gasteiger partial charge in [-0.25, -0.2) is 0 Å². The van der Waals surface area contributed by atoms with Crippen molar-refractivity contribution >= 4 is 5.91 Å². The molecule has 1 aliphatic rings. The third-order valence-electron chi connectivity index (χ3n) is 4.02. The van der Waals surface area contributed by atoms with E-state index in [2.05, 4.69) is 12.2 Å². The molecule has 1 aromatic rings. The third kappa shape index (κ3) is 4.01. The van der Waals surface area contributed by atoms with Gasteiger partial charge in [-0.3, -0.25) is 4.79 Å². The van der Waals surface area contributed by atoms with Crippen LogP contribution in [0.15, 0.2) is 41.7 Å². The van der Waals surface area contributed by atoms with Crippen LogP contribution in [0.25, 0.3) is 0 Å². The molecule has 0 radical (unpaired) electrons. The van der Waals surface area contributed by atoms with Crippen molar-refractivity contribution in [2.75, 3.05) is 13.1 Å². The SMILES string of the molecule is CC1CCN(/C(N)=C(\C#N)C(=O)NCc2ccccc2)CC1. The lowest BCUT2D eigenvalue weighted by Gasteiger charge is -2.32. The molecule has 1 amide bonds. The van der Waals surface area contributed by atoms with Crippen LogP contribution in [-0.4, -0.2) is 23.9 Å². The molecule has 1 heterocycles. The van der Waals surface area contributed by atoms with Gasteiger partial charge in [-0.15, -0.1) is 0 Å². The zero-order valence-corrected chi connectivity index (χ0v) is 12.9. The number of hydrogen-bond donors (Lipinski definition) is 2. The number of nitrogens with one attached hydrogen (secondary N) is 1. The number of nitriles is 1. The number of hydrogen-bond acceptors (Lipinski definition) is 4. The first-order valence-corrected chi connectivity index (χ1v) is 7.58. The molecule has 5 nitrogen and oxygen atoms in total. The van der Waals surface area contributed by atoms with E-state index < -0.39 is 5.91 Å². The van der Waals surface area contributed by atoms with Gasteiger partial charge in [-0.05, 0) is 24.3 Å². The van der Waals surface area contributed by atoms with Crippen molar-refractivity contribution in [3.63, 3.8) is 0 Å². The maximum atomic E-state index is 12.2. The second-order valence-corrected chi connectivity index (χ2v) is 5.71. The van der Waals surface area contributed by atoms with E-state index in [0.717, 1.165) is 31.5 Å². The smallest absolute Gasteiger partial charge is 0.265 e. The first kappa shape index (κ1) is 15.9. The lowest BCUT2D eigenvalue weighted by atomic mass is 9.99. The Labute approximate surface area is 131 Å². The van der Waals surface area contributed by atoms with Gasteiger partial charge in [0.25, 0.3) is 5.91 Å². The fourth-order valence-electron chi connectivity index (χ4n) is 2.50. The van der Waals surface area contributed by atoms with Crippen LogP contribution >= 0.6 is 0 Å². The third-order valence-corrected chi connectivity index (χ3v) is 4.02. The number of likely N-dealkylation sites (tertiary alicyclic amines) is 1. The molecule has 1 fully saturated rings. The van der Waals surface area contributed by atoms with E-state index in [1.54, 1.807) is 0 Å². The molecule has 0 bridgehead atoms. The van der Waals surface area contributed by atoms with E-state index in [1.807, 2.05) is 41.3 Å². The van der Waals surface area contributed by atoms with Gasteiger partial charge in [0.2, 0.25) is 0 Å². The zero-order chi connectivity index (χ0) is 15.9. The highest BCUT2D eigenvalue weighted by Crippen LogP contribution is 2.19. The number of amides is 1. The molecule has 0 unspecified atom stereocenters. The van der Waals surface area contributed by atoms with E-state index in [1.165, 1.54) is 0 Å². The van der Waals surface area contributed by atoms with Crippen LogP contribution in [0.3, 0.4) is 0 Å². The van der Waals surface area contributed by atoms with Crippen molar-refractivity contribution in [1.29, 1.82) is 5.26 Å². The molecule has 2 rings (SSSR count). The summed E-state index contributed by atoms with van der Waals surface area (Å²) in [6.07, 6.45) is 2.07. The number of carbonyl (C=O) groups excluding carboxylic acids is 1. The molecule has 1 aliphatic heterocycles. The monoisotopic (exact) mass is 298 g/mol. The van der Waals surface area contributed by atoms with Crippen LogP contribution < -0.4 is 11.1 Å². The van der Waals surface area contributed by atoms with Gasteiger partial charge in [0.15, 0.2) is 5.57 Å². The summed E-state index contributed by atoms with van der Waals surface area (Å²) in [4.78, 5) is 14.1. The molecule has 1 aromatic carbocycles. The number of nitrogens with two attached hydrogens (primary N) is 1. The lowest BCUT2D eigenvalue weighted by molar-refractivity contribution is -0.117. The molecule has 22 heavy (non-hydrogen) atoms. The number of nitrogens with zero attached hydrogens (tertiary/aromatic N) is 2. The summed E-state index contributed by atoms with van der Waals surface area (Å²) in [7, 11) is 0. The van der Waals surface area contributed by atoms with Crippen molar-refractivity contribution in [2.24, 2.45) is 11.7 Å². The largest absolute Gasteiger partial charge is 0.384 e. The summed E-state index contributed by atoms with van der Waals surface area (Å²) >= 11 is 0. The Morgan fingerprint density at radius 1 is 1.36 bits per heavy atom. The van der Waals surface area contributed by atoms with Crippen LogP contribution in [0.1, 0.15) is 25.3 Å². The second kappa shape index (κ2) is 7.51. The molecule has 116 valence electrons. The van der Waals surface area contributed by atoms with E-state index in [-0.39, 0.29) is 5.57 Å². The van der Waals surface area contributed by atoms with Crippen LogP contribution in [-0.2, 0) is 11.3 Å². The Balaban J connectivity index is 2.01. The summed E-state index contributed by atoms with van der Waals surface area (Å²) in [5.41, 5.74) is 7.03. The highest BCUT2D eigenvalue weighted by atomic mass is 16.1. The topological polar surface area (TPSA) is 82.2 Å². The maximum Gasteiger partial charge on any atom is 0.265 e. The molecule has 5 heteroatoms. The van der Waals surface area contributed by atoms with Crippen LogP contribution in [0.2, 0.25) is 0 Å². The summed E-state index contributed by atoms with van der Waals surface area (Å²) in [5.74, 6) is 0.545. The van der Waals surface area contributed by atoms with E-state index in [9.17, 15) is 10.1 Å². The Morgan fingerprint density at radius 2 is 2.00 bits per heavy atom. The average molecular weight is 298 g/mol. The fourth-order valence-corrected chi connectivity index (χ4v) is 2.50. The number of carbonyl (C=O) groups is 1. The molecule has 1 saturated heterocycles. The molecule has 0 saturated carbocycles. The molecule has 0 aromatic heterocycles. The summed E-state index contributed by atoms with van der Waals surface area (Å²) in [6, 6.07) is 11.5. The predicted octanol–water partition coefficient (Wildman–Crippen LogP) is 1.73. The van der Waals surface area contributed by atoms with Crippen molar-refractivity contribution in [3.05, 3.63) is 47.3 Å². The van der Waals surface area contributed by atoms with Gasteiger partial charge >= 0.3 is 0 Å². The van der Waals surface area contributed by atoms with Gasteiger partial charge in [0.05, 0.1) is 0 Å². The first-order chi connectivity index (χ1) is 10.6. The second-order valence-electron chi connectivity index (χ2n) is 5.71. The maximum absolute atomic E-state index is 12.2. The zero-order valence-electron chi connectivity index (χ0n) is 12.9. The van der Waals surface area contributed by atoms with E-state index in [4.69, 9.17) is 5.73 Å². The summed E-state index contributed by atoms with van der Waals surface area (Å²) in [6.45, 7) is 4.18. The molecular formula is C17H22N4O. The molecule has 0 aliphatic carbocycles. The summed E-state index contributed by atoms with van der Waals surface area (Å²) < 4.78 is 0. The van der Waals surface area contributed by atoms with Crippen molar-refractivity contribution < 1.29 is 4.79 Å². The Hall–Kier alpha value is -2.48. The Kier molecular flexibility index (Phi) is 5.42. The number of benzene rings is 1. The van der Waals surface area contributed by atoms with Gasteiger partial charge in [-0.2, -0.15) is 5.26 Å². The highest BCUT2D eigenvalue weighted by Gasteiger charge is 2.21. The first-order valence-electron chi connectivity index (χ1n) is 7.58. The standard InChI is InChI=1S/C17H22N4O/c1-13-7-9-21(10-8-13)16(19)15(11-18)17(22)20-12-14-5-3-2-4-6-14/h2-6,13H,7-10,12,19H2,1H3,(H,20,22)/b16-15+. The van der Waals surface area contributed by atoms with E-state index in [0.29, 0.717) is 18.3 Å². The minimum absolute atomic E-state index is 0.00508. The molecule has 0 atom stereocenters. The van der Waals surface area contributed by atoms with Crippen molar-refractivity contribution in [2.45, 2.75) is 26.3 Å². The van der Waals surface area contributed by atoms with Crippen molar-refractivity contribution in [3.8, 4) is 6.07 Å². The normalized spacial score (nSPS) is 16.6. The average Bonchev–Trinajstić information content (AvgIpc) is 2.55. The highest BCUT2D eigenvalue weighted by molar-refractivity contribution is 5.97. The minimum Gasteiger partial charge on any atom is -0.384 e. The number of piperidine rings is 1. The number of rotatable bonds is 4. The molecular weight excluding hydrogens is 276 g/mol. The minimum atomic E-state index is -0.414.